The lowest BCUT2D eigenvalue weighted by Gasteiger charge is -1.77. The van der Waals surface area contributed by atoms with Crippen molar-refractivity contribution in [3.63, 3.8) is 0 Å². The minimum Gasteiger partial charge on any atom is -0.394 e. The van der Waals surface area contributed by atoms with E-state index in [1.54, 1.807) is 13.3 Å². The SMILES string of the molecule is C/N=C\C=C/NC. The largest absolute Gasteiger partial charge is 0.394 e. The van der Waals surface area contributed by atoms with E-state index < -0.39 is 0 Å². The fourth-order valence-corrected chi connectivity index (χ4v) is 0.225. The molecule has 0 rings (SSSR count). The lowest BCUT2D eigenvalue weighted by atomic mass is 10.6. The second-order valence-corrected chi connectivity index (χ2v) is 1.06. The van der Waals surface area contributed by atoms with E-state index in [1.165, 1.54) is 0 Å². The van der Waals surface area contributed by atoms with Crippen molar-refractivity contribution in [2.75, 3.05) is 14.1 Å². The van der Waals surface area contributed by atoms with Crippen LogP contribution in [0.5, 0.6) is 0 Å². The standard InChI is InChI=1S/C5H10N2/c1-6-4-3-5-7-2/h3-6H,1-2H3/b4-3-,7-5-. The molecule has 0 bridgehead atoms. The zero-order valence-corrected chi connectivity index (χ0v) is 4.68. The van der Waals surface area contributed by atoms with Crippen molar-refractivity contribution in [2.45, 2.75) is 0 Å². The number of aliphatic imine (C=N–C) groups is 1. The van der Waals surface area contributed by atoms with Crippen molar-refractivity contribution < 1.29 is 0 Å². The van der Waals surface area contributed by atoms with Gasteiger partial charge in [0.1, 0.15) is 0 Å². The first-order chi connectivity index (χ1) is 3.41. The number of rotatable bonds is 2. The third-order valence-corrected chi connectivity index (χ3v) is 0.498. The van der Waals surface area contributed by atoms with Crippen molar-refractivity contribution in [1.29, 1.82) is 0 Å². The molecule has 0 heterocycles. The summed E-state index contributed by atoms with van der Waals surface area (Å²) in [5, 5.41) is 2.83. The molecule has 0 aliphatic carbocycles. The Morgan fingerprint density at radius 3 is 2.71 bits per heavy atom. The Kier molecular flexibility index (Phi) is 4.62. The fourth-order valence-electron chi connectivity index (χ4n) is 0.225. The van der Waals surface area contributed by atoms with E-state index in [1.807, 2.05) is 19.3 Å². The molecule has 2 heteroatoms. The Hall–Kier alpha value is -0.790. The second kappa shape index (κ2) is 5.21. The molecule has 0 aromatic heterocycles. The molecule has 7 heavy (non-hydrogen) atoms. The fraction of sp³-hybridized carbons (Fsp3) is 0.400. The number of allylic oxidation sites excluding steroid dienone is 1. The number of hydrogen-bond acceptors (Lipinski definition) is 2. The van der Waals surface area contributed by atoms with Crippen LogP contribution in [0.25, 0.3) is 0 Å². The van der Waals surface area contributed by atoms with E-state index in [2.05, 4.69) is 10.3 Å². The van der Waals surface area contributed by atoms with Gasteiger partial charge in [0.2, 0.25) is 0 Å². The average molecular weight is 98.1 g/mol. The predicted octanol–water partition coefficient (Wildman–Crippen LogP) is 0.420. The van der Waals surface area contributed by atoms with Gasteiger partial charge in [0, 0.05) is 20.3 Å². The van der Waals surface area contributed by atoms with Crippen LogP contribution in [0.4, 0.5) is 0 Å². The molecule has 0 radical (unpaired) electrons. The van der Waals surface area contributed by atoms with Crippen molar-refractivity contribution >= 4 is 6.21 Å². The number of nitrogens with zero attached hydrogens (tertiary/aromatic N) is 1. The zero-order valence-electron chi connectivity index (χ0n) is 4.68. The first-order valence-corrected chi connectivity index (χ1v) is 2.16. The molecular weight excluding hydrogens is 88.1 g/mol. The highest BCUT2D eigenvalue weighted by atomic mass is 14.8. The summed E-state index contributed by atoms with van der Waals surface area (Å²) >= 11 is 0. The van der Waals surface area contributed by atoms with Crippen LogP contribution < -0.4 is 5.32 Å². The molecule has 0 amide bonds. The molecule has 0 saturated heterocycles. The van der Waals surface area contributed by atoms with Crippen molar-refractivity contribution in [3.05, 3.63) is 12.3 Å². The van der Waals surface area contributed by atoms with Gasteiger partial charge in [-0.1, -0.05) is 0 Å². The summed E-state index contributed by atoms with van der Waals surface area (Å²) in [4.78, 5) is 3.72. The molecule has 2 nitrogen and oxygen atoms in total. The number of nitrogens with one attached hydrogen (secondary N) is 1. The Morgan fingerprint density at radius 1 is 1.57 bits per heavy atom. The Morgan fingerprint density at radius 2 is 2.29 bits per heavy atom. The summed E-state index contributed by atoms with van der Waals surface area (Å²) in [5.74, 6) is 0. The van der Waals surface area contributed by atoms with Crippen LogP contribution >= 0.6 is 0 Å². The Bertz CT molecular complexity index is 74.1. The van der Waals surface area contributed by atoms with Crippen LogP contribution in [0.2, 0.25) is 0 Å². The topological polar surface area (TPSA) is 24.4 Å². The summed E-state index contributed by atoms with van der Waals surface area (Å²) in [6.45, 7) is 0. The molecule has 0 unspecified atom stereocenters. The van der Waals surface area contributed by atoms with Gasteiger partial charge in [-0.2, -0.15) is 0 Å². The maximum Gasteiger partial charge on any atom is 0.0277 e. The van der Waals surface area contributed by atoms with E-state index in [-0.39, 0.29) is 0 Å². The van der Waals surface area contributed by atoms with Gasteiger partial charge in [-0.25, -0.2) is 0 Å². The maximum atomic E-state index is 3.72. The maximum absolute atomic E-state index is 3.72. The number of hydrogen-bond donors (Lipinski definition) is 1. The summed E-state index contributed by atoms with van der Waals surface area (Å²) in [7, 11) is 3.58. The van der Waals surface area contributed by atoms with Gasteiger partial charge >= 0.3 is 0 Å². The van der Waals surface area contributed by atoms with Crippen LogP contribution in [0, 0.1) is 0 Å². The quantitative estimate of drug-likeness (QED) is 0.497. The molecule has 40 valence electrons. The van der Waals surface area contributed by atoms with Gasteiger partial charge in [-0.15, -0.1) is 0 Å². The lowest BCUT2D eigenvalue weighted by Crippen LogP contribution is -1.90. The second-order valence-electron chi connectivity index (χ2n) is 1.06. The lowest BCUT2D eigenvalue weighted by molar-refractivity contribution is 1.11. The third kappa shape index (κ3) is 5.21. The zero-order chi connectivity index (χ0) is 5.54. The van der Waals surface area contributed by atoms with Crippen LogP contribution in [-0.4, -0.2) is 20.3 Å². The van der Waals surface area contributed by atoms with Gasteiger partial charge in [-0.05, 0) is 12.3 Å². The highest BCUT2D eigenvalue weighted by molar-refractivity contribution is 5.70. The Labute approximate surface area is 44.0 Å². The highest BCUT2D eigenvalue weighted by Crippen LogP contribution is 1.57. The van der Waals surface area contributed by atoms with Crippen LogP contribution in [-0.2, 0) is 0 Å². The van der Waals surface area contributed by atoms with Gasteiger partial charge < -0.3 is 5.32 Å². The first-order valence-electron chi connectivity index (χ1n) is 2.16. The molecule has 0 aromatic carbocycles. The van der Waals surface area contributed by atoms with Crippen molar-refractivity contribution in [2.24, 2.45) is 4.99 Å². The molecule has 0 spiro atoms. The van der Waals surface area contributed by atoms with Crippen LogP contribution in [0.15, 0.2) is 17.3 Å². The monoisotopic (exact) mass is 98.1 g/mol. The Balaban J connectivity index is 3.09. The third-order valence-electron chi connectivity index (χ3n) is 0.498. The average Bonchev–Trinajstić information content (AvgIpc) is 1.69. The van der Waals surface area contributed by atoms with Gasteiger partial charge in [0.25, 0.3) is 0 Å². The minimum absolute atomic E-state index is 1.72. The molecular formula is C5H10N2. The van der Waals surface area contributed by atoms with E-state index in [9.17, 15) is 0 Å². The smallest absolute Gasteiger partial charge is 0.0277 e. The van der Waals surface area contributed by atoms with Crippen LogP contribution in [0.3, 0.4) is 0 Å². The van der Waals surface area contributed by atoms with Gasteiger partial charge in [0.15, 0.2) is 0 Å². The first kappa shape index (κ1) is 6.21. The minimum atomic E-state index is 1.72. The predicted molar refractivity (Wildman–Crippen MR) is 32.6 cm³/mol. The van der Waals surface area contributed by atoms with E-state index >= 15 is 0 Å². The molecule has 0 atom stereocenters. The molecule has 0 aliphatic heterocycles. The molecule has 0 fully saturated rings. The van der Waals surface area contributed by atoms with Crippen molar-refractivity contribution in [3.8, 4) is 0 Å². The molecule has 0 saturated carbocycles. The van der Waals surface area contributed by atoms with E-state index in [0.29, 0.717) is 0 Å². The van der Waals surface area contributed by atoms with Crippen LogP contribution in [0.1, 0.15) is 0 Å². The van der Waals surface area contributed by atoms with Gasteiger partial charge in [0.05, 0.1) is 0 Å². The van der Waals surface area contributed by atoms with E-state index in [0.717, 1.165) is 0 Å². The highest BCUT2D eigenvalue weighted by Gasteiger charge is 1.54. The molecule has 0 aliphatic rings. The summed E-state index contributed by atoms with van der Waals surface area (Å²) in [6.07, 6.45) is 5.36. The normalized spacial score (nSPS) is 11.1. The van der Waals surface area contributed by atoms with E-state index in [4.69, 9.17) is 0 Å². The summed E-state index contributed by atoms with van der Waals surface area (Å²) in [5.41, 5.74) is 0. The summed E-state index contributed by atoms with van der Waals surface area (Å²) in [6, 6.07) is 0. The molecule has 1 N–H and O–H groups in total. The van der Waals surface area contributed by atoms with Gasteiger partial charge in [-0.3, -0.25) is 4.99 Å². The molecule has 0 aromatic rings. The van der Waals surface area contributed by atoms with Crippen molar-refractivity contribution in [1.82, 2.24) is 5.32 Å². The summed E-state index contributed by atoms with van der Waals surface area (Å²) < 4.78 is 0.